The van der Waals surface area contributed by atoms with Crippen LogP contribution in [0, 0.1) is 5.82 Å². The first-order valence-corrected chi connectivity index (χ1v) is 12.1. The Morgan fingerprint density at radius 2 is 1.68 bits per heavy atom. The lowest BCUT2D eigenvalue weighted by atomic mass is 9.87. The minimum absolute atomic E-state index is 0.0965. The Labute approximate surface area is 200 Å². The van der Waals surface area contributed by atoms with Crippen molar-refractivity contribution in [2.24, 2.45) is 0 Å². The van der Waals surface area contributed by atoms with Crippen LogP contribution in [0.5, 0.6) is 11.5 Å². The summed E-state index contributed by atoms with van der Waals surface area (Å²) in [6.45, 7) is 2.72. The summed E-state index contributed by atoms with van der Waals surface area (Å²) in [4.78, 5) is 2.47. The summed E-state index contributed by atoms with van der Waals surface area (Å²) in [6.07, 6.45) is 2.78. The van der Waals surface area contributed by atoms with Gasteiger partial charge in [0.05, 0.1) is 26.4 Å². The number of rotatable bonds is 4. The molecule has 4 nitrogen and oxygen atoms in total. The van der Waals surface area contributed by atoms with Crippen molar-refractivity contribution in [3.05, 3.63) is 93.8 Å². The van der Waals surface area contributed by atoms with E-state index in [-0.39, 0.29) is 23.9 Å². The summed E-state index contributed by atoms with van der Waals surface area (Å²) in [5, 5.41) is 0. The lowest BCUT2D eigenvalue weighted by Gasteiger charge is -2.31. The van der Waals surface area contributed by atoms with E-state index in [1.165, 1.54) is 27.8 Å². The van der Waals surface area contributed by atoms with E-state index in [1.807, 2.05) is 6.07 Å². The molecular formula is C29H30FNO3. The van der Waals surface area contributed by atoms with E-state index < -0.39 is 0 Å². The summed E-state index contributed by atoms with van der Waals surface area (Å²) >= 11 is 0. The maximum Gasteiger partial charge on any atom is 0.161 e. The predicted octanol–water partition coefficient (Wildman–Crippen LogP) is 5.42. The summed E-state index contributed by atoms with van der Waals surface area (Å²) in [7, 11) is 3.36. The monoisotopic (exact) mass is 459 g/mol. The number of nitrogens with zero attached hydrogens (tertiary/aromatic N) is 1. The second-order valence-corrected chi connectivity index (χ2v) is 9.70. The van der Waals surface area contributed by atoms with Crippen LogP contribution >= 0.6 is 0 Å². The number of hydrogen-bond donors (Lipinski definition) is 0. The van der Waals surface area contributed by atoms with Gasteiger partial charge in [0.2, 0.25) is 0 Å². The molecule has 0 aromatic heterocycles. The van der Waals surface area contributed by atoms with Crippen LogP contribution in [0.4, 0.5) is 4.39 Å². The highest BCUT2D eigenvalue weighted by Gasteiger charge is 2.41. The van der Waals surface area contributed by atoms with Crippen molar-refractivity contribution in [2.75, 3.05) is 27.3 Å². The highest BCUT2D eigenvalue weighted by atomic mass is 19.1. The molecule has 0 bridgehead atoms. The van der Waals surface area contributed by atoms with E-state index in [2.05, 4.69) is 41.3 Å². The molecule has 3 atom stereocenters. The molecule has 0 saturated carbocycles. The average molecular weight is 460 g/mol. The molecule has 34 heavy (non-hydrogen) atoms. The molecule has 3 aromatic rings. The third kappa shape index (κ3) is 3.77. The van der Waals surface area contributed by atoms with E-state index in [1.54, 1.807) is 26.4 Å². The van der Waals surface area contributed by atoms with Crippen LogP contribution < -0.4 is 9.47 Å². The summed E-state index contributed by atoms with van der Waals surface area (Å²) in [5.74, 6) is 1.63. The van der Waals surface area contributed by atoms with Gasteiger partial charge in [-0.3, -0.25) is 4.90 Å². The normalized spacial score (nSPS) is 23.3. The van der Waals surface area contributed by atoms with Crippen molar-refractivity contribution in [1.29, 1.82) is 0 Å². The third-order valence-electron chi connectivity index (χ3n) is 7.73. The molecule has 3 unspecified atom stereocenters. The van der Waals surface area contributed by atoms with E-state index in [4.69, 9.17) is 14.2 Å². The number of halogens is 1. The number of fused-ring (bicyclic) bond motifs is 6. The highest BCUT2D eigenvalue weighted by Crippen LogP contribution is 2.49. The molecule has 2 heterocycles. The topological polar surface area (TPSA) is 30.9 Å². The Hall–Kier alpha value is -2.89. The Balaban J connectivity index is 1.25. The van der Waals surface area contributed by atoms with Gasteiger partial charge in [0.15, 0.2) is 11.5 Å². The molecule has 1 saturated heterocycles. The van der Waals surface area contributed by atoms with Crippen molar-refractivity contribution in [3.8, 4) is 11.5 Å². The van der Waals surface area contributed by atoms with E-state index in [0.29, 0.717) is 0 Å². The van der Waals surface area contributed by atoms with Gasteiger partial charge in [-0.25, -0.2) is 4.39 Å². The number of benzene rings is 3. The lowest BCUT2D eigenvalue weighted by Crippen LogP contribution is -2.36. The number of ether oxygens (including phenoxy) is 3. The van der Waals surface area contributed by atoms with Gasteiger partial charge in [0, 0.05) is 25.6 Å². The number of hydrogen-bond acceptors (Lipinski definition) is 4. The zero-order valence-corrected chi connectivity index (χ0v) is 19.7. The summed E-state index contributed by atoms with van der Waals surface area (Å²) in [6, 6.07) is 18.1. The number of methoxy groups -OCH3 is 2. The molecule has 0 N–H and O–H groups in total. The van der Waals surface area contributed by atoms with Gasteiger partial charge >= 0.3 is 0 Å². The van der Waals surface area contributed by atoms with Crippen LogP contribution in [-0.4, -0.2) is 38.3 Å². The third-order valence-corrected chi connectivity index (χ3v) is 7.73. The predicted molar refractivity (Wildman–Crippen MR) is 129 cm³/mol. The maximum atomic E-state index is 14.3. The summed E-state index contributed by atoms with van der Waals surface area (Å²) < 4.78 is 32.0. The second-order valence-electron chi connectivity index (χ2n) is 9.70. The minimum Gasteiger partial charge on any atom is -0.493 e. The minimum atomic E-state index is -0.187. The largest absolute Gasteiger partial charge is 0.493 e. The SMILES string of the molecule is COc1cc2c(cc1OC)CN(CC1CC3c4ccccc4Cc4ccc(F)cc4C3O1)CC2. The zero-order valence-electron chi connectivity index (χ0n) is 19.7. The Kier molecular flexibility index (Phi) is 5.54. The van der Waals surface area contributed by atoms with Crippen molar-refractivity contribution >= 4 is 0 Å². The van der Waals surface area contributed by atoms with Gasteiger partial charge in [0.25, 0.3) is 0 Å². The van der Waals surface area contributed by atoms with E-state index in [9.17, 15) is 4.39 Å². The molecule has 5 heteroatoms. The first-order valence-electron chi connectivity index (χ1n) is 12.1. The van der Waals surface area contributed by atoms with Crippen LogP contribution in [0.2, 0.25) is 0 Å². The van der Waals surface area contributed by atoms with Crippen molar-refractivity contribution in [2.45, 2.75) is 43.9 Å². The molecule has 2 aliphatic heterocycles. The van der Waals surface area contributed by atoms with Gasteiger partial charge in [-0.15, -0.1) is 0 Å². The first kappa shape index (κ1) is 21.6. The fraction of sp³-hybridized carbons (Fsp3) is 0.379. The lowest BCUT2D eigenvalue weighted by molar-refractivity contribution is 0.0166. The van der Waals surface area contributed by atoms with Gasteiger partial charge < -0.3 is 14.2 Å². The molecular weight excluding hydrogens is 429 g/mol. The molecule has 6 rings (SSSR count). The summed E-state index contributed by atoms with van der Waals surface area (Å²) in [5.41, 5.74) is 7.49. The smallest absolute Gasteiger partial charge is 0.161 e. The first-order chi connectivity index (χ1) is 16.6. The van der Waals surface area contributed by atoms with Crippen molar-refractivity contribution < 1.29 is 18.6 Å². The fourth-order valence-corrected chi connectivity index (χ4v) is 6.10. The Bertz CT molecular complexity index is 1230. The van der Waals surface area contributed by atoms with Crippen molar-refractivity contribution in [3.63, 3.8) is 0 Å². The van der Waals surface area contributed by atoms with Crippen molar-refractivity contribution in [1.82, 2.24) is 4.90 Å². The van der Waals surface area contributed by atoms with Gasteiger partial charge in [-0.2, -0.15) is 0 Å². The molecule has 0 spiro atoms. The van der Waals surface area contributed by atoms with Crippen LogP contribution in [0.3, 0.4) is 0 Å². The van der Waals surface area contributed by atoms with Gasteiger partial charge in [-0.05, 0) is 76.9 Å². The second kappa shape index (κ2) is 8.71. The molecule has 0 amide bonds. The van der Waals surface area contributed by atoms with Gasteiger partial charge in [0.1, 0.15) is 5.82 Å². The maximum absolute atomic E-state index is 14.3. The molecule has 3 aliphatic rings. The Morgan fingerprint density at radius 1 is 0.912 bits per heavy atom. The average Bonchev–Trinajstić information content (AvgIpc) is 3.22. The quantitative estimate of drug-likeness (QED) is 0.521. The zero-order chi connectivity index (χ0) is 23.2. The molecule has 1 aliphatic carbocycles. The Morgan fingerprint density at radius 3 is 2.50 bits per heavy atom. The van der Waals surface area contributed by atoms with Gasteiger partial charge in [-0.1, -0.05) is 30.3 Å². The van der Waals surface area contributed by atoms with Crippen LogP contribution in [0.1, 0.15) is 51.8 Å². The highest BCUT2D eigenvalue weighted by molar-refractivity contribution is 5.48. The van der Waals surface area contributed by atoms with Crippen LogP contribution in [0.15, 0.2) is 54.6 Å². The molecule has 1 fully saturated rings. The molecule has 176 valence electrons. The standard InChI is InChI=1S/C29H30FNO3/c1-32-27-12-18-9-10-31(16-21(18)13-28(27)33-2)17-23-15-26-24-6-4-3-5-19(24)11-20-7-8-22(30)14-25(20)29(26)34-23/h3-8,12-14,23,26,29H,9-11,15-17H2,1-2H3. The van der Waals surface area contributed by atoms with Crippen LogP contribution in [-0.2, 0) is 24.1 Å². The molecule has 0 radical (unpaired) electrons. The molecule has 3 aromatic carbocycles. The fourth-order valence-electron chi connectivity index (χ4n) is 6.10. The van der Waals surface area contributed by atoms with Crippen LogP contribution in [0.25, 0.3) is 0 Å². The van der Waals surface area contributed by atoms with E-state index >= 15 is 0 Å². The van der Waals surface area contributed by atoms with E-state index in [0.717, 1.165) is 56.0 Å².